The lowest BCUT2D eigenvalue weighted by Gasteiger charge is -2.17. The van der Waals surface area contributed by atoms with Crippen LogP contribution in [0.1, 0.15) is 18.9 Å². The van der Waals surface area contributed by atoms with Crippen LogP contribution in [-0.2, 0) is 9.59 Å². The van der Waals surface area contributed by atoms with E-state index in [0.717, 1.165) is 0 Å². The van der Waals surface area contributed by atoms with Gasteiger partial charge in [-0.15, -0.1) is 0 Å². The van der Waals surface area contributed by atoms with Crippen molar-refractivity contribution in [2.24, 2.45) is 5.92 Å². The Kier molecular flexibility index (Phi) is 5.50. The maximum atomic E-state index is 12.8. The Morgan fingerprint density at radius 3 is 2.87 bits per heavy atom. The van der Waals surface area contributed by atoms with E-state index in [9.17, 15) is 9.59 Å². The smallest absolute Gasteiger partial charge is 0.316 e. The van der Waals surface area contributed by atoms with E-state index >= 15 is 0 Å². The number of anilines is 1. The molecule has 0 bridgehead atoms. The van der Waals surface area contributed by atoms with Gasteiger partial charge in [-0.25, -0.2) is 0 Å². The minimum atomic E-state index is -0.639. The molecule has 8 nitrogen and oxygen atoms in total. The van der Waals surface area contributed by atoms with Crippen LogP contribution in [0.5, 0.6) is 23.0 Å². The Hall–Kier alpha value is -3.25. The van der Waals surface area contributed by atoms with Gasteiger partial charge in [0.1, 0.15) is 0 Å². The molecule has 4 rings (SSSR count). The summed E-state index contributed by atoms with van der Waals surface area (Å²) in [6.07, 6.45) is 0.0329. The number of fused-ring (bicyclic) bond motifs is 1. The summed E-state index contributed by atoms with van der Waals surface area (Å²) < 4.78 is 22.2. The lowest BCUT2D eigenvalue weighted by atomic mass is 10.1. The first-order valence-electron chi connectivity index (χ1n) is 9.28. The number of rotatable bonds is 5. The molecule has 2 aromatic rings. The maximum absolute atomic E-state index is 12.8. The molecule has 1 saturated heterocycles. The molecule has 2 aliphatic rings. The van der Waals surface area contributed by atoms with Gasteiger partial charge >= 0.3 is 5.97 Å². The fourth-order valence-corrected chi connectivity index (χ4v) is 3.87. The van der Waals surface area contributed by atoms with Crippen LogP contribution in [-0.4, -0.2) is 31.8 Å². The zero-order chi connectivity index (χ0) is 21.3. The fraction of sp³-hybridized carbons (Fsp3) is 0.286. The molecule has 0 saturated carbocycles. The number of ether oxygens (including phenoxy) is 4. The number of halogens is 1. The van der Waals surface area contributed by atoms with E-state index < -0.39 is 11.9 Å². The van der Waals surface area contributed by atoms with Crippen molar-refractivity contribution in [2.45, 2.75) is 13.3 Å². The largest absolute Gasteiger partial charge is 0.490 e. The summed E-state index contributed by atoms with van der Waals surface area (Å²) in [7, 11) is 0. The average molecular weight is 473 g/mol. The van der Waals surface area contributed by atoms with Crippen molar-refractivity contribution in [3.05, 3.63) is 40.4 Å². The summed E-state index contributed by atoms with van der Waals surface area (Å²) in [5.74, 6) is 0.297. The average Bonchev–Trinajstić information content (AvgIpc) is 3.36. The van der Waals surface area contributed by atoms with Gasteiger partial charge < -0.3 is 23.8 Å². The van der Waals surface area contributed by atoms with Gasteiger partial charge in [0.15, 0.2) is 23.0 Å². The van der Waals surface area contributed by atoms with Crippen LogP contribution in [0.4, 0.5) is 5.69 Å². The zero-order valence-electron chi connectivity index (χ0n) is 16.0. The summed E-state index contributed by atoms with van der Waals surface area (Å²) in [6, 6.07) is 10.3. The Morgan fingerprint density at radius 1 is 1.30 bits per heavy atom. The molecular formula is C21H17BrN2O6. The van der Waals surface area contributed by atoms with Gasteiger partial charge in [0.2, 0.25) is 12.7 Å². The molecule has 0 spiro atoms. The third kappa shape index (κ3) is 3.78. The van der Waals surface area contributed by atoms with Crippen LogP contribution < -0.4 is 23.8 Å². The molecule has 1 amide bonds. The lowest BCUT2D eigenvalue weighted by Crippen LogP contribution is -2.27. The Labute approximate surface area is 181 Å². The van der Waals surface area contributed by atoms with E-state index in [-0.39, 0.29) is 37.2 Å². The summed E-state index contributed by atoms with van der Waals surface area (Å²) in [6.45, 7) is 2.46. The van der Waals surface area contributed by atoms with Crippen LogP contribution in [0.15, 0.2) is 34.8 Å². The highest BCUT2D eigenvalue weighted by Gasteiger charge is 2.37. The molecule has 0 radical (unpaired) electrons. The highest BCUT2D eigenvalue weighted by molar-refractivity contribution is 9.10. The summed E-state index contributed by atoms with van der Waals surface area (Å²) in [4.78, 5) is 26.9. The standard InChI is InChI=1S/C21H17BrN2O6/c1-2-27-18-6-12(9-23)5-15(22)20(18)30-21(26)13-7-19(25)24(10-13)14-3-4-16-17(8-14)29-11-28-16/h3-6,8,13H,2,7,10-11H2,1H3. The molecule has 30 heavy (non-hydrogen) atoms. The van der Waals surface area contributed by atoms with Crippen molar-refractivity contribution in [3.8, 4) is 29.1 Å². The minimum Gasteiger partial charge on any atom is -0.490 e. The molecule has 2 aromatic carbocycles. The van der Waals surface area contributed by atoms with Gasteiger partial charge in [-0.05, 0) is 41.1 Å². The monoisotopic (exact) mass is 472 g/mol. The zero-order valence-corrected chi connectivity index (χ0v) is 17.6. The van der Waals surface area contributed by atoms with Crippen LogP contribution in [0.25, 0.3) is 0 Å². The second kappa shape index (κ2) is 8.24. The van der Waals surface area contributed by atoms with Gasteiger partial charge in [-0.1, -0.05) is 0 Å². The topological polar surface area (TPSA) is 98.1 Å². The first-order valence-corrected chi connectivity index (χ1v) is 10.1. The molecule has 0 N–H and O–H groups in total. The van der Waals surface area contributed by atoms with E-state index in [0.29, 0.717) is 33.8 Å². The van der Waals surface area contributed by atoms with Crippen LogP contribution in [0.2, 0.25) is 0 Å². The molecule has 0 aliphatic carbocycles. The highest BCUT2D eigenvalue weighted by Crippen LogP contribution is 2.39. The number of hydrogen-bond acceptors (Lipinski definition) is 7. The van der Waals surface area contributed by atoms with Crippen LogP contribution in [0, 0.1) is 17.2 Å². The number of carbonyl (C=O) groups excluding carboxylic acids is 2. The number of amides is 1. The van der Waals surface area contributed by atoms with Gasteiger partial charge in [-0.2, -0.15) is 5.26 Å². The molecule has 1 unspecified atom stereocenters. The van der Waals surface area contributed by atoms with Gasteiger partial charge in [-0.3, -0.25) is 9.59 Å². The number of nitrogens with zero attached hydrogens (tertiary/aromatic N) is 2. The van der Waals surface area contributed by atoms with Gasteiger partial charge in [0.05, 0.1) is 28.6 Å². The molecule has 2 heterocycles. The predicted molar refractivity (Wildman–Crippen MR) is 109 cm³/mol. The van der Waals surface area contributed by atoms with Crippen molar-refractivity contribution in [2.75, 3.05) is 24.8 Å². The first kappa shape index (κ1) is 20.0. The molecule has 2 aliphatic heterocycles. The second-order valence-electron chi connectivity index (χ2n) is 6.69. The summed E-state index contributed by atoms with van der Waals surface area (Å²) in [5.41, 5.74) is 1.00. The van der Waals surface area contributed by atoms with E-state index in [2.05, 4.69) is 15.9 Å². The number of hydrogen-bond donors (Lipinski definition) is 0. The Morgan fingerprint density at radius 2 is 2.10 bits per heavy atom. The normalized spacial score (nSPS) is 17.0. The van der Waals surface area contributed by atoms with E-state index in [1.165, 1.54) is 11.0 Å². The quantitative estimate of drug-likeness (QED) is 0.485. The van der Waals surface area contributed by atoms with Gasteiger partial charge in [0.25, 0.3) is 0 Å². The van der Waals surface area contributed by atoms with Crippen molar-refractivity contribution in [3.63, 3.8) is 0 Å². The number of esters is 1. The van der Waals surface area contributed by atoms with Gasteiger partial charge in [0, 0.05) is 30.8 Å². The van der Waals surface area contributed by atoms with E-state index in [4.69, 9.17) is 24.2 Å². The highest BCUT2D eigenvalue weighted by atomic mass is 79.9. The number of benzene rings is 2. The van der Waals surface area contributed by atoms with Crippen LogP contribution >= 0.6 is 15.9 Å². The second-order valence-corrected chi connectivity index (χ2v) is 7.55. The molecule has 1 atom stereocenters. The Balaban J connectivity index is 1.51. The Bertz CT molecular complexity index is 1060. The molecule has 1 fully saturated rings. The minimum absolute atomic E-state index is 0.0329. The van der Waals surface area contributed by atoms with Crippen molar-refractivity contribution in [1.82, 2.24) is 0 Å². The fourth-order valence-electron chi connectivity index (χ4n) is 3.35. The SMILES string of the molecule is CCOc1cc(C#N)cc(Br)c1OC(=O)C1CC(=O)N(c2ccc3c(c2)OCO3)C1. The molecule has 0 aromatic heterocycles. The third-order valence-corrected chi connectivity index (χ3v) is 5.36. The van der Waals surface area contributed by atoms with Crippen molar-refractivity contribution >= 4 is 33.5 Å². The maximum Gasteiger partial charge on any atom is 0.316 e. The van der Waals surface area contributed by atoms with E-state index in [1.807, 2.05) is 6.07 Å². The number of carbonyl (C=O) groups is 2. The van der Waals surface area contributed by atoms with E-state index in [1.54, 1.807) is 31.2 Å². The van der Waals surface area contributed by atoms with Crippen molar-refractivity contribution in [1.29, 1.82) is 5.26 Å². The van der Waals surface area contributed by atoms with Crippen LogP contribution in [0.3, 0.4) is 0 Å². The van der Waals surface area contributed by atoms with Crippen molar-refractivity contribution < 1.29 is 28.5 Å². The lowest BCUT2D eigenvalue weighted by molar-refractivity contribution is -0.139. The summed E-state index contributed by atoms with van der Waals surface area (Å²) in [5, 5.41) is 9.13. The molecule has 154 valence electrons. The molecule has 9 heteroatoms. The number of nitriles is 1. The summed E-state index contributed by atoms with van der Waals surface area (Å²) >= 11 is 3.32. The first-order chi connectivity index (χ1) is 14.5. The molecular weight excluding hydrogens is 456 g/mol. The third-order valence-electron chi connectivity index (χ3n) is 4.77. The predicted octanol–water partition coefficient (Wildman–Crippen LogP) is 3.41.